The van der Waals surface area contributed by atoms with Gasteiger partial charge in [-0.05, 0) is 12.1 Å². The summed E-state index contributed by atoms with van der Waals surface area (Å²) in [5.74, 6) is 0.658. The molecule has 2 rings (SSSR count). The van der Waals surface area contributed by atoms with Crippen LogP contribution in [0.4, 0.5) is 5.82 Å². The Labute approximate surface area is 86.2 Å². The van der Waals surface area contributed by atoms with Gasteiger partial charge in [-0.2, -0.15) is 5.26 Å². The molecule has 0 unspecified atom stereocenters. The first-order valence-electron chi connectivity index (χ1n) is 4.24. The summed E-state index contributed by atoms with van der Waals surface area (Å²) in [6, 6.07) is 5.52. The molecule has 72 valence electrons. The highest BCUT2D eigenvalue weighted by Gasteiger charge is 2.04. The summed E-state index contributed by atoms with van der Waals surface area (Å²) in [6.45, 7) is 0. The van der Waals surface area contributed by atoms with Crippen molar-refractivity contribution >= 4 is 5.82 Å². The van der Waals surface area contributed by atoms with E-state index in [1.807, 2.05) is 12.1 Å². The average molecular weight is 197 g/mol. The first-order chi connectivity index (χ1) is 7.31. The minimum atomic E-state index is 0.186. The fourth-order valence-corrected chi connectivity index (χ4v) is 1.12. The van der Waals surface area contributed by atoms with Gasteiger partial charge in [-0.25, -0.2) is 9.97 Å². The molecule has 0 aliphatic heterocycles. The number of nitrogen functional groups attached to an aromatic ring is 1. The molecular formula is C10H7N5. The molecule has 2 aromatic rings. The fraction of sp³-hybridized carbons (Fsp3) is 0. The molecule has 5 nitrogen and oxygen atoms in total. The summed E-state index contributed by atoms with van der Waals surface area (Å²) in [5.41, 5.74) is 6.63. The zero-order valence-corrected chi connectivity index (χ0v) is 7.75. The maximum atomic E-state index is 8.66. The van der Waals surface area contributed by atoms with Gasteiger partial charge in [-0.1, -0.05) is 0 Å². The van der Waals surface area contributed by atoms with Crippen LogP contribution < -0.4 is 5.73 Å². The van der Waals surface area contributed by atoms with Crippen molar-refractivity contribution < 1.29 is 0 Å². The zero-order chi connectivity index (χ0) is 10.7. The van der Waals surface area contributed by atoms with Crippen LogP contribution in [0.15, 0.2) is 30.7 Å². The Hall–Kier alpha value is -2.48. The Balaban J connectivity index is 2.49. The predicted molar refractivity (Wildman–Crippen MR) is 54.4 cm³/mol. The lowest BCUT2D eigenvalue weighted by atomic mass is 10.2. The standard InChI is InChI=1S/C10H7N5/c11-4-8-6-14-10(15-9(8)12)7-2-1-3-13-5-7/h1-3,5-6H,(H2,12,14,15). The van der Waals surface area contributed by atoms with Gasteiger partial charge in [-0.15, -0.1) is 0 Å². The van der Waals surface area contributed by atoms with Crippen molar-refractivity contribution in [1.82, 2.24) is 15.0 Å². The Morgan fingerprint density at radius 3 is 2.80 bits per heavy atom. The van der Waals surface area contributed by atoms with Crippen LogP contribution in [0.5, 0.6) is 0 Å². The highest BCUT2D eigenvalue weighted by molar-refractivity contribution is 5.57. The monoisotopic (exact) mass is 197 g/mol. The van der Waals surface area contributed by atoms with E-state index in [0.717, 1.165) is 5.56 Å². The molecule has 0 spiro atoms. The quantitative estimate of drug-likeness (QED) is 0.736. The number of nitriles is 1. The Morgan fingerprint density at radius 2 is 2.20 bits per heavy atom. The van der Waals surface area contributed by atoms with E-state index in [9.17, 15) is 0 Å². The molecule has 2 N–H and O–H groups in total. The van der Waals surface area contributed by atoms with Crippen molar-refractivity contribution in [2.75, 3.05) is 5.73 Å². The van der Waals surface area contributed by atoms with Crippen molar-refractivity contribution in [2.45, 2.75) is 0 Å². The lowest BCUT2D eigenvalue weighted by Crippen LogP contribution is -1.98. The summed E-state index contributed by atoms with van der Waals surface area (Å²) in [4.78, 5) is 12.0. The number of hydrogen-bond donors (Lipinski definition) is 1. The molecule has 2 heterocycles. The van der Waals surface area contributed by atoms with Crippen molar-refractivity contribution in [3.05, 3.63) is 36.3 Å². The van der Waals surface area contributed by atoms with E-state index in [0.29, 0.717) is 5.82 Å². The molecule has 0 aromatic carbocycles. The van der Waals surface area contributed by atoms with Crippen molar-refractivity contribution in [1.29, 1.82) is 5.26 Å². The third-order valence-electron chi connectivity index (χ3n) is 1.86. The second-order valence-electron chi connectivity index (χ2n) is 2.85. The summed E-state index contributed by atoms with van der Waals surface area (Å²) >= 11 is 0. The minimum absolute atomic E-state index is 0.186. The molecule has 15 heavy (non-hydrogen) atoms. The molecule has 0 bridgehead atoms. The molecule has 0 aliphatic rings. The summed E-state index contributed by atoms with van der Waals surface area (Å²) in [5, 5.41) is 8.66. The maximum Gasteiger partial charge on any atom is 0.163 e. The van der Waals surface area contributed by atoms with Gasteiger partial charge in [0.05, 0.1) is 6.20 Å². The number of nitrogens with two attached hydrogens (primary N) is 1. The smallest absolute Gasteiger partial charge is 0.163 e. The van der Waals surface area contributed by atoms with Gasteiger partial charge in [0, 0.05) is 18.0 Å². The molecule has 0 atom stereocenters. The molecule has 0 radical (unpaired) electrons. The molecule has 0 saturated heterocycles. The van der Waals surface area contributed by atoms with Gasteiger partial charge in [0.25, 0.3) is 0 Å². The van der Waals surface area contributed by atoms with Crippen LogP contribution >= 0.6 is 0 Å². The lowest BCUT2D eigenvalue weighted by molar-refractivity contribution is 1.16. The van der Waals surface area contributed by atoms with Gasteiger partial charge in [0.2, 0.25) is 0 Å². The van der Waals surface area contributed by atoms with E-state index in [4.69, 9.17) is 11.0 Å². The number of nitrogens with zero attached hydrogens (tertiary/aromatic N) is 4. The molecule has 2 aromatic heterocycles. The summed E-state index contributed by atoms with van der Waals surface area (Å²) in [7, 11) is 0. The fourth-order valence-electron chi connectivity index (χ4n) is 1.12. The topological polar surface area (TPSA) is 88.5 Å². The van der Waals surface area contributed by atoms with Gasteiger partial charge in [-0.3, -0.25) is 4.98 Å². The lowest BCUT2D eigenvalue weighted by Gasteiger charge is -2.00. The largest absolute Gasteiger partial charge is 0.382 e. The predicted octanol–water partition coefficient (Wildman–Crippen LogP) is 0.992. The first-order valence-corrected chi connectivity index (χ1v) is 4.24. The van der Waals surface area contributed by atoms with Crippen LogP contribution in [0, 0.1) is 11.3 Å². The second kappa shape index (κ2) is 3.72. The van der Waals surface area contributed by atoms with E-state index < -0.39 is 0 Å². The van der Waals surface area contributed by atoms with Gasteiger partial charge < -0.3 is 5.73 Å². The van der Waals surface area contributed by atoms with Crippen molar-refractivity contribution in [3.63, 3.8) is 0 Å². The number of anilines is 1. The Kier molecular flexibility index (Phi) is 2.25. The van der Waals surface area contributed by atoms with E-state index in [1.54, 1.807) is 18.5 Å². The molecule has 0 fully saturated rings. The number of hydrogen-bond acceptors (Lipinski definition) is 5. The van der Waals surface area contributed by atoms with Gasteiger partial charge >= 0.3 is 0 Å². The third kappa shape index (κ3) is 1.74. The van der Waals surface area contributed by atoms with E-state index in [-0.39, 0.29) is 11.4 Å². The maximum absolute atomic E-state index is 8.66. The normalized spacial score (nSPS) is 9.53. The van der Waals surface area contributed by atoms with Crippen LogP contribution in [0.2, 0.25) is 0 Å². The summed E-state index contributed by atoms with van der Waals surface area (Å²) in [6.07, 6.45) is 4.71. The van der Waals surface area contributed by atoms with Crippen molar-refractivity contribution in [2.24, 2.45) is 0 Å². The molecule has 5 heteroatoms. The van der Waals surface area contributed by atoms with E-state index in [2.05, 4.69) is 15.0 Å². The van der Waals surface area contributed by atoms with Crippen LogP contribution in [0.3, 0.4) is 0 Å². The average Bonchev–Trinajstić information content (AvgIpc) is 2.30. The molecular weight excluding hydrogens is 190 g/mol. The van der Waals surface area contributed by atoms with E-state index >= 15 is 0 Å². The summed E-state index contributed by atoms with van der Waals surface area (Å²) < 4.78 is 0. The van der Waals surface area contributed by atoms with Gasteiger partial charge in [0.1, 0.15) is 17.5 Å². The number of rotatable bonds is 1. The minimum Gasteiger partial charge on any atom is -0.382 e. The second-order valence-corrected chi connectivity index (χ2v) is 2.85. The Morgan fingerprint density at radius 1 is 1.33 bits per heavy atom. The molecule has 0 amide bonds. The van der Waals surface area contributed by atoms with Crippen LogP contribution in [0.1, 0.15) is 5.56 Å². The molecule has 0 aliphatic carbocycles. The van der Waals surface area contributed by atoms with Gasteiger partial charge in [0.15, 0.2) is 5.82 Å². The van der Waals surface area contributed by atoms with Crippen LogP contribution in [0.25, 0.3) is 11.4 Å². The zero-order valence-electron chi connectivity index (χ0n) is 7.75. The Bertz CT molecular complexity index is 515. The van der Waals surface area contributed by atoms with Crippen LogP contribution in [-0.2, 0) is 0 Å². The van der Waals surface area contributed by atoms with E-state index in [1.165, 1.54) is 6.20 Å². The highest BCUT2D eigenvalue weighted by atomic mass is 14.9. The third-order valence-corrected chi connectivity index (χ3v) is 1.86. The van der Waals surface area contributed by atoms with Crippen LogP contribution in [-0.4, -0.2) is 15.0 Å². The number of aromatic nitrogens is 3. The molecule has 0 saturated carbocycles. The number of pyridine rings is 1. The van der Waals surface area contributed by atoms with Crippen molar-refractivity contribution in [3.8, 4) is 17.5 Å². The highest BCUT2D eigenvalue weighted by Crippen LogP contribution is 2.15. The SMILES string of the molecule is N#Cc1cnc(-c2cccnc2)nc1N. The first kappa shape index (κ1) is 9.09.